The number of allylic oxidation sites excluding steroid dienone is 1. The van der Waals surface area contributed by atoms with E-state index in [0.29, 0.717) is 23.4 Å². The number of rotatable bonds is 9. The number of nitrogens with one attached hydrogen (secondary N) is 1. The molecule has 0 bridgehead atoms. The number of carboxylic acid groups (broad SMARTS) is 1. The lowest BCUT2D eigenvalue weighted by Gasteiger charge is -2.50. The van der Waals surface area contributed by atoms with E-state index >= 15 is 0 Å². The van der Waals surface area contributed by atoms with E-state index in [2.05, 4.69) is 15.5 Å². The second-order valence-corrected chi connectivity index (χ2v) is 9.80. The maximum Gasteiger partial charge on any atom is 0.276 e. The molecule has 1 aromatic rings. The summed E-state index contributed by atoms with van der Waals surface area (Å²) in [5.74, 6) is -2.49. The maximum absolute atomic E-state index is 13.0. The number of oxime groups is 1. The third-order valence-corrected chi connectivity index (χ3v) is 7.72. The fraction of sp³-hybridized carbons (Fsp3) is 0.400. The molecular formula is C20H23N7O6S2. The summed E-state index contributed by atoms with van der Waals surface area (Å²) in [6, 6.07) is -1.24. The summed E-state index contributed by atoms with van der Waals surface area (Å²) in [6.07, 6.45) is 3.82. The van der Waals surface area contributed by atoms with Crippen LogP contribution in [0.5, 0.6) is 0 Å². The molecule has 0 radical (unpaired) electrons. The van der Waals surface area contributed by atoms with Gasteiger partial charge in [0, 0.05) is 35.8 Å². The second kappa shape index (κ2) is 10.1. The van der Waals surface area contributed by atoms with Crippen LogP contribution in [0.3, 0.4) is 0 Å². The Morgan fingerprint density at radius 3 is 2.86 bits per heavy atom. The summed E-state index contributed by atoms with van der Waals surface area (Å²) < 4.78 is 1.82. The number of aliphatic hydroxyl groups excluding tert-OH is 1. The van der Waals surface area contributed by atoms with E-state index < -0.39 is 29.2 Å². The highest BCUT2D eigenvalue weighted by molar-refractivity contribution is 8.00. The normalized spacial score (nSPS) is 23.9. The lowest BCUT2D eigenvalue weighted by molar-refractivity contribution is -0.542. The van der Waals surface area contributed by atoms with Crippen molar-refractivity contribution in [3.05, 3.63) is 34.1 Å². The molecule has 0 spiro atoms. The van der Waals surface area contributed by atoms with E-state index in [1.54, 1.807) is 12.3 Å². The monoisotopic (exact) mass is 521 g/mol. The number of thioether (sulfide) groups is 1. The minimum absolute atomic E-state index is 0.0827. The van der Waals surface area contributed by atoms with E-state index in [0.717, 1.165) is 16.2 Å². The average molecular weight is 522 g/mol. The number of β-lactam (4-membered cyclic amide) rings is 1. The van der Waals surface area contributed by atoms with Crippen molar-refractivity contribution in [2.24, 2.45) is 10.9 Å². The standard InChI is InChI=1S/C20H23N7O6S2/c1-33-25-13(11-8-35-20(22)23-11)16(29)24-14-17(30)27-15(19(31)32)9(7-34-18(14)27)6-26-4-2-10(21)12(26)3-5-28/h2,4,8,12,14,18,21,28H,3,5-7H2,1H3,(H4,22,23,24,29,31,32)/b25-13-/t12?,14-,18-/m1/s1. The highest BCUT2D eigenvalue weighted by atomic mass is 32.2. The summed E-state index contributed by atoms with van der Waals surface area (Å²) in [5.41, 5.74) is 12.5. The molecule has 1 fully saturated rings. The molecule has 2 amide bonds. The van der Waals surface area contributed by atoms with Gasteiger partial charge in [-0.25, -0.2) is 9.56 Å². The van der Waals surface area contributed by atoms with Gasteiger partial charge in [-0.1, -0.05) is 5.16 Å². The summed E-state index contributed by atoms with van der Waals surface area (Å²) in [7, 11) is 1.26. The van der Waals surface area contributed by atoms with Gasteiger partial charge in [0.1, 0.15) is 24.2 Å². The smallest absolute Gasteiger partial charge is 0.276 e. The molecule has 35 heavy (non-hydrogen) atoms. The fourth-order valence-corrected chi connectivity index (χ4v) is 6.00. The number of amides is 2. The van der Waals surface area contributed by atoms with Crippen LogP contribution in [0, 0.1) is 0 Å². The third-order valence-electron chi connectivity index (χ3n) is 5.71. The van der Waals surface area contributed by atoms with E-state index in [-0.39, 0.29) is 41.4 Å². The lowest BCUT2D eigenvalue weighted by atomic mass is 10.0. The van der Waals surface area contributed by atoms with Crippen molar-refractivity contribution >= 4 is 57.9 Å². The van der Waals surface area contributed by atoms with Gasteiger partial charge in [-0.15, -0.1) is 23.1 Å². The van der Waals surface area contributed by atoms with Crippen LogP contribution in [0.4, 0.5) is 5.13 Å². The lowest BCUT2D eigenvalue weighted by Crippen LogP contribution is -2.71. The largest absolute Gasteiger partial charge is 0.543 e. The first kappa shape index (κ1) is 24.7. The Balaban J connectivity index is 1.51. The molecule has 1 saturated heterocycles. The van der Waals surface area contributed by atoms with Gasteiger partial charge in [0.2, 0.25) is 0 Å². The van der Waals surface area contributed by atoms with Crippen LogP contribution in [0.1, 0.15) is 12.1 Å². The Kier molecular flexibility index (Phi) is 7.09. The zero-order valence-corrected chi connectivity index (χ0v) is 20.2. The number of thiazole rings is 1. The molecule has 13 nitrogen and oxygen atoms in total. The number of carboxylic acids is 1. The van der Waals surface area contributed by atoms with Gasteiger partial charge in [0.15, 0.2) is 29.6 Å². The van der Waals surface area contributed by atoms with Gasteiger partial charge < -0.3 is 36.6 Å². The molecule has 0 aromatic carbocycles. The summed E-state index contributed by atoms with van der Waals surface area (Å²) in [5, 5.41) is 28.8. The van der Waals surface area contributed by atoms with Crippen molar-refractivity contribution in [3.63, 3.8) is 0 Å². The van der Waals surface area contributed by atoms with Crippen molar-refractivity contribution in [1.29, 1.82) is 0 Å². The van der Waals surface area contributed by atoms with E-state index in [1.807, 2.05) is 4.58 Å². The number of carbonyl (C=O) groups is 3. The molecule has 1 unspecified atom stereocenters. The molecule has 15 heteroatoms. The molecule has 0 saturated carbocycles. The van der Waals surface area contributed by atoms with Crippen molar-refractivity contribution < 1.29 is 34.0 Å². The first-order valence-electron chi connectivity index (χ1n) is 10.4. The van der Waals surface area contributed by atoms with Gasteiger partial charge >= 0.3 is 0 Å². The number of carbonyl (C=O) groups excluding carboxylic acids is 3. The van der Waals surface area contributed by atoms with Gasteiger partial charge in [0.05, 0.1) is 17.4 Å². The van der Waals surface area contributed by atoms with E-state index in [9.17, 15) is 24.6 Å². The topological polar surface area (TPSA) is 199 Å². The van der Waals surface area contributed by atoms with Crippen molar-refractivity contribution in [3.8, 4) is 0 Å². The van der Waals surface area contributed by atoms with E-state index in [1.165, 1.54) is 24.3 Å². The molecule has 186 valence electrons. The Bertz CT molecular complexity index is 1190. The predicted octanol–water partition coefficient (Wildman–Crippen LogP) is -2.83. The molecule has 3 aliphatic rings. The second-order valence-electron chi connectivity index (χ2n) is 7.81. The van der Waals surface area contributed by atoms with Gasteiger partial charge in [-0.3, -0.25) is 14.5 Å². The summed E-state index contributed by atoms with van der Waals surface area (Å²) in [6.45, 7) is 0.113. The van der Waals surface area contributed by atoms with Crippen LogP contribution in [0.25, 0.3) is 0 Å². The van der Waals surface area contributed by atoms with Gasteiger partial charge in [-0.2, -0.15) is 0 Å². The average Bonchev–Trinajstić information content (AvgIpc) is 3.41. The Labute approximate surface area is 207 Å². The summed E-state index contributed by atoms with van der Waals surface area (Å²) in [4.78, 5) is 47.7. The van der Waals surface area contributed by atoms with E-state index in [4.69, 9.17) is 16.3 Å². The molecular weight excluding hydrogens is 498 g/mol. The molecule has 4 rings (SSSR count). The van der Waals surface area contributed by atoms with Crippen LogP contribution >= 0.6 is 23.1 Å². The fourth-order valence-electron chi connectivity index (χ4n) is 4.12. The van der Waals surface area contributed by atoms with Crippen LogP contribution < -0.4 is 21.9 Å². The molecule has 4 heterocycles. The van der Waals surface area contributed by atoms with Crippen molar-refractivity contribution in [2.75, 3.05) is 31.7 Å². The number of hydrogen-bond acceptors (Lipinski definition) is 12. The Morgan fingerprint density at radius 1 is 1.46 bits per heavy atom. The number of aliphatic hydroxyl groups is 1. The van der Waals surface area contributed by atoms with Crippen molar-refractivity contribution in [2.45, 2.75) is 23.9 Å². The number of fused-ring (bicyclic) bond motifs is 1. The maximum atomic E-state index is 13.0. The highest BCUT2D eigenvalue weighted by Crippen LogP contribution is 2.40. The Morgan fingerprint density at radius 2 is 2.23 bits per heavy atom. The third kappa shape index (κ3) is 4.61. The van der Waals surface area contributed by atoms with Crippen molar-refractivity contribution in [1.82, 2.24) is 15.2 Å². The SMILES string of the molecule is CO/N=C(\C(=O)N[C@@H]1C(=O)N2C(C(=O)[O-])=C(C[N+]3=CC=C(N)C3CCO)CS[C@H]12)c1csc(N)n1. The predicted molar refractivity (Wildman–Crippen MR) is 126 cm³/mol. The molecule has 0 aliphatic carbocycles. The number of nitrogen functional groups attached to an aromatic ring is 1. The Hall–Kier alpha value is -3.43. The van der Waals surface area contributed by atoms with Gasteiger partial charge in [0.25, 0.3) is 11.8 Å². The minimum Gasteiger partial charge on any atom is -0.543 e. The zero-order valence-electron chi connectivity index (χ0n) is 18.5. The molecule has 6 N–H and O–H groups in total. The van der Waals surface area contributed by atoms with Gasteiger partial charge in [-0.05, 0) is 0 Å². The number of aromatic nitrogens is 1. The van der Waals surface area contributed by atoms with Crippen LogP contribution in [-0.4, -0.2) is 92.7 Å². The number of anilines is 1. The first-order valence-corrected chi connectivity index (χ1v) is 12.4. The molecule has 3 atom stereocenters. The molecule has 1 aromatic heterocycles. The number of hydrogen-bond donors (Lipinski definition) is 4. The number of nitrogens with two attached hydrogens (primary N) is 2. The first-order chi connectivity index (χ1) is 16.8. The molecule has 3 aliphatic heterocycles. The summed E-state index contributed by atoms with van der Waals surface area (Å²) >= 11 is 2.43. The van der Waals surface area contributed by atoms with Crippen LogP contribution in [0.15, 0.2) is 33.6 Å². The quantitative estimate of drug-likeness (QED) is 0.114. The van der Waals surface area contributed by atoms with Crippen LogP contribution in [0.2, 0.25) is 0 Å². The number of aliphatic carboxylic acids is 1. The zero-order chi connectivity index (χ0) is 25.3. The number of nitrogens with zero attached hydrogens (tertiary/aromatic N) is 4. The minimum atomic E-state index is -1.48. The highest BCUT2D eigenvalue weighted by Gasteiger charge is 2.53. The van der Waals surface area contributed by atoms with Crippen LogP contribution in [-0.2, 0) is 19.2 Å².